The van der Waals surface area contributed by atoms with Gasteiger partial charge < -0.3 is 9.42 Å². The van der Waals surface area contributed by atoms with Crippen LogP contribution in [0.4, 0.5) is 0 Å². The van der Waals surface area contributed by atoms with Crippen molar-refractivity contribution in [2.24, 2.45) is 0 Å². The number of aromatic nitrogens is 2. The van der Waals surface area contributed by atoms with Gasteiger partial charge in [-0.15, -0.1) is 0 Å². The molecule has 0 N–H and O–H groups in total. The van der Waals surface area contributed by atoms with Crippen LogP contribution in [0.15, 0.2) is 28.8 Å². The summed E-state index contributed by atoms with van der Waals surface area (Å²) in [5.41, 5.74) is 2.02. The molecule has 24 heavy (non-hydrogen) atoms. The minimum Gasteiger partial charge on any atom is -0.340 e. The zero-order chi connectivity index (χ0) is 16.9. The third-order valence-electron chi connectivity index (χ3n) is 4.29. The van der Waals surface area contributed by atoms with Crippen LogP contribution in [0.1, 0.15) is 53.3 Å². The van der Waals surface area contributed by atoms with Gasteiger partial charge in [0.25, 0.3) is 5.91 Å². The van der Waals surface area contributed by atoms with Crippen LogP contribution in [0.3, 0.4) is 0 Å². The molecule has 0 bridgehead atoms. The molecule has 1 aliphatic heterocycles. The van der Waals surface area contributed by atoms with Crippen LogP contribution >= 0.6 is 11.8 Å². The van der Waals surface area contributed by atoms with Crippen LogP contribution < -0.4 is 0 Å². The monoisotopic (exact) mass is 345 g/mol. The number of nitrogens with zero attached hydrogens (tertiary/aromatic N) is 3. The zero-order valence-electron chi connectivity index (χ0n) is 14.2. The van der Waals surface area contributed by atoms with E-state index in [0.717, 1.165) is 42.3 Å². The molecule has 2 aromatic rings. The lowest BCUT2D eigenvalue weighted by Gasteiger charge is -2.31. The van der Waals surface area contributed by atoms with E-state index in [1.54, 1.807) is 6.92 Å². The molecule has 5 nitrogen and oxygen atoms in total. The van der Waals surface area contributed by atoms with Crippen LogP contribution in [-0.2, 0) is 5.75 Å². The number of piperidine rings is 1. The fourth-order valence-corrected chi connectivity index (χ4v) is 3.63. The molecule has 1 aromatic heterocycles. The molecule has 1 aliphatic rings. The molecule has 2 heterocycles. The molecule has 1 unspecified atom stereocenters. The van der Waals surface area contributed by atoms with Gasteiger partial charge in [-0.05, 0) is 36.3 Å². The minimum absolute atomic E-state index is 0.0922. The second kappa shape index (κ2) is 7.83. The third-order valence-corrected chi connectivity index (χ3v) is 5.24. The van der Waals surface area contributed by atoms with Gasteiger partial charge in [0.05, 0.1) is 0 Å². The minimum atomic E-state index is 0.0922. The van der Waals surface area contributed by atoms with Gasteiger partial charge in [0.15, 0.2) is 5.82 Å². The quantitative estimate of drug-likeness (QED) is 0.828. The number of aryl methyl sites for hydroxylation is 1. The molecule has 1 aromatic carbocycles. The Kier molecular flexibility index (Phi) is 5.56. The Balaban J connectivity index is 1.65. The third kappa shape index (κ3) is 3.98. The largest absolute Gasteiger partial charge is 0.340 e. The smallest absolute Gasteiger partial charge is 0.253 e. The van der Waals surface area contributed by atoms with E-state index < -0.39 is 0 Å². The summed E-state index contributed by atoms with van der Waals surface area (Å²) < 4.78 is 5.08. The van der Waals surface area contributed by atoms with Crippen molar-refractivity contribution in [1.29, 1.82) is 0 Å². The maximum Gasteiger partial charge on any atom is 0.253 e. The molecule has 128 valence electrons. The summed E-state index contributed by atoms with van der Waals surface area (Å²) in [7, 11) is 0. The highest BCUT2D eigenvalue weighted by atomic mass is 32.2. The molecule has 1 fully saturated rings. The first-order chi connectivity index (χ1) is 11.7. The molecule has 1 saturated heterocycles. The Morgan fingerprint density at radius 2 is 2.17 bits per heavy atom. The van der Waals surface area contributed by atoms with Crippen molar-refractivity contribution in [2.75, 3.05) is 18.8 Å². The Bertz CT molecular complexity index is 684. The predicted octanol–water partition coefficient (Wildman–Crippen LogP) is 3.65. The first-order valence-electron chi connectivity index (χ1n) is 8.43. The maximum atomic E-state index is 12.8. The number of amides is 1. The topological polar surface area (TPSA) is 59.2 Å². The highest BCUT2D eigenvalue weighted by Crippen LogP contribution is 2.26. The molecule has 0 spiro atoms. The molecule has 0 aliphatic carbocycles. The van der Waals surface area contributed by atoms with E-state index >= 15 is 0 Å². The van der Waals surface area contributed by atoms with Crippen LogP contribution in [0, 0.1) is 6.92 Å². The van der Waals surface area contributed by atoms with Crippen molar-refractivity contribution in [1.82, 2.24) is 15.0 Å². The number of thioether (sulfide) groups is 1. The summed E-state index contributed by atoms with van der Waals surface area (Å²) in [6.07, 6.45) is 1.96. The average molecular weight is 345 g/mol. The normalized spacial score (nSPS) is 17.9. The van der Waals surface area contributed by atoms with E-state index in [9.17, 15) is 4.79 Å². The van der Waals surface area contributed by atoms with E-state index in [0.29, 0.717) is 12.4 Å². The van der Waals surface area contributed by atoms with E-state index in [1.807, 2.05) is 28.8 Å². The summed E-state index contributed by atoms with van der Waals surface area (Å²) >= 11 is 1.89. The standard InChI is InChI=1S/C18H23N3O2S/c1-3-24-12-14-6-8-15(9-7-14)18(22)21-10-4-5-16(11-21)17-19-13(2)23-20-17/h6-9,16H,3-5,10-12H2,1-2H3. The predicted molar refractivity (Wildman–Crippen MR) is 95.2 cm³/mol. The molecular weight excluding hydrogens is 322 g/mol. The van der Waals surface area contributed by atoms with Crippen molar-refractivity contribution < 1.29 is 9.32 Å². The van der Waals surface area contributed by atoms with Crippen LogP contribution in [-0.4, -0.2) is 39.8 Å². The number of carbonyl (C=O) groups excluding carboxylic acids is 1. The average Bonchev–Trinajstić information content (AvgIpc) is 3.06. The van der Waals surface area contributed by atoms with Crippen LogP contribution in [0.25, 0.3) is 0 Å². The lowest BCUT2D eigenvalue weighted by atomic mass is 9.96. The van der Waals surface area contributed by atoms with Crippen molar-refractivity contribution >= 4 is 17.7 Å². The molecule has 0 saturated carbocycles. The summed E-state index contributed by atoms with van der Waals surface area (Å²) in [5.74, 6) is 3.65. The van der Waals surface area contributed by atoms with Gasteiger partial charge >= 0.3 is 0 Å². The number of rotatable bonds is 5. The summed E-state index contributed by atoms with van der Waals surface area (Å²) in [4.78, 5) is 19.0. The van der Waals surface area contributed by atoms with Gasteiger partial charge in [-0.3, -0.25) is 4.79 Å². The highest BCUT2D eigenvalue weighted by Gasteiger charge is 2.28. The summed E-state index contributed by atoms with van der Waals surface area (Å²) in [5, 5.41) is 4.02. The van der Waals surface area contributed by atoms with Crippen LogP contribution in [0.2, 0.25) is 0 Å². The number of likely N-dealkylation sites (tertiary alicyclic amines) is 1. The molecule has 6 heteroatoms. The summed E-state index contributed by atoms with van der Waals surface area (Å²) in [6, 6.07) is 7.99. The second-order valence-electron chi connectivity index (χ2n) is 6.10. The lowest BCUT2D eigenvalue weighted by molar-refractivity contribution is 0.0703. The van der Waals surface area contributed by atoms with Crippen molar-refractivity contribution in [2.45, 2.75) is 38.4 Å². The Morgan fingerprint density at radius 1 is 1.38 bits per heavy atom. The van der Waals surface area contributed by atoms with Gasteiger partial charge in [0.2, 0.25) is 5.89 Å². The lowest BCUT2D eigenvalue weighted by Crippen LogP contribution is -2.39. The number of hydrogen-bond acceptors (Lipinski definition) is 5. The highest BCUT2D eigenvalue weighted by molar-refractivity contribution is 7.98. The Morgan fingerprint density at radius 3 is 2.83 bits per heavy atom. The van der Waals surface area contributed by atoms with Gasteiger partial charge in [-0.25, -0.2) is 0 Å². The SMILES string of the molecule is CCSCc1ccc(C(=O)N2CCCC(c3noc(C)n3)C2)cc1. The Hall–Kier alpha value is -1.82. The number of hydrogen-bond donors (Lipinski definition) is 0. The van der Waals surface area contributed by atoms with E-state index in [2.05, 4.69) is 29.2 Å². The van der Waals surface area contributed by atoms with E-state index in [4.69, 9.17) is 4.52 Å². The molecule has 0 radical (unpaired) electrons. The van der Waals surface area contributed by atoms with E-state index in [1.165, 1.54) is 5.56 Å². The summed E-state index contributed by atoms with van der Waals surface area (Å²) in [6.45, 7) is 5.39. The molecule has 1 atom stereocenters. The van der Waals surface area contributed by atoms with Gasteiger partial charge in [-0.2, -0.15) is 16.7 Å². The maximum absolute atomic E-state index is 12.8. The zero-order valence-corrected chi connectivity index (χ0v) is 15.0. The fraction of sp³-hybridized carbons (Fsp3) is 0.500. The first-order valence-corrected chi connectivity index (χ1v) is 9.59. The first kappa shape index (κ1) is 17.0. The van der Waals surface area contributed by atoms with Crippen molar-refractivity contribution in [3.05, 3.63) is 47.1 Å². The van der Waals surface area contributed by atoms with Gasteiger partial charge in [0, 0.05) is 37.2 Å². The molecule has 3 rings (SSSR count). The fourth-order valence-electron chi connectivity index (χ4n) is 3.00. The Labute approximate surface area is 146 Å². The van der Waals surface area contributed by atoms with Gasteiger partial charge in [-0.1, -0.05) is 24.2 Å². The van der Waals surface area contributed by atoms with Crippen molar-refractivity contribution in [3.63, 3.8) is 0 Å². The number of benzene rings is 1. The van der Waals surface area contributed by atoms with Crippen LogP contribution in [0.5, 0.6) is 0 Å². The van der Waals surface area contributed by atoms with Crippen molar-refractivity contribution in [3.8, 4) is 0 Å². The molecule has 1 amide bonds. The van der Waals surface area contributed by atoms with E-state index in [-0.39, 0.29) is 11.8 Å². The van der Waals surface area contributed by atoms with Gasteiger partial charge in [0.1, 0.15) is 0 Å². The number of carbonyl (C=O) groups is 1. The molecular formula is C18H23N3O2S. The second-order valence-corrected chi connectivity index (χ2v) is 7.37.